The summed E-state index contributed by atoms with van der Waals surface area (Å²) in [5.41, 5.74) is 2.43. The molecule has 0 radical (unpaired) electrons. The van der Waals surface area contributed by atoms with Crippen LogP contribution in [0.1, 0.15) is 56.1 Å². The van der Waals surface area contributed by atoms with E-state index < -0.39 is 13.1 Å². The molecule has 0 aromatic heterocycles. The van der Waals surface area contributed by atoms with Gasteiger partial charge in [0.2, 0.25) is 5.91 Å². The van der Waals surface area contributed by atoms with Gasteiger partial charge in [-0.05, 0) is 70.2 Å². The van der Waals surface area contributed by atoms with Crippen LogP contribution in [-0.4, -0.2) is 59.2 Å². The molecule has 1 heterocycles. The van der Waals surface area contributed by atoms with E-state index in [2.05, 4.69) is 0 Å². The first-order valence-corrected chi connectivity index (χ1v) is 15.1. The number of aliphatic carboxylic acids is 1. The zero-order valence-corrected chi connectivity index (χ0v) is 25.9. The van der Waals surface area contributed by atoms with Crippen molar-refractivity contribution in [3.05, 3.63) is 93.6 Å². The summed E-state index contributed by atoms with van der Waals surface area (Å²) in [6.07, 6.45) is 10.5. The number of hydrogen-bond acceptors (Lipinski definition) is 5. The minimum Gasteiger partial charge on any atom is -0.497 e. The van der Waals surface area contributed by atoms with Crippen LogP contribution in [0.25, 0.3) is 0 Å². The minimum absolute atomic E-state index is 0.112. The Labute approximate surface area is 257 Å². The molecule has 1 saturated heterocycles. The van der Waals surface area contributed by atoms with E-state index in [-0.39, 0.29) is 12.3 Å². The molecule has 0 bridgehead atoms. The quantitative estimate of drug-likeness (QED) is 0.249. The van der Waals surface area contributed by atoms with Crippen LogP contribution in [0.5, 0.6) is 5.75 Å². The summed E-state index contributed by atoms with van der Waals surface area (Å²) in [5, 5.41) is 26.2. The van der Waals surface area contributed by atoms with Crippen LogP contribution < -0.4 is 10.2 Å². The molecule has 0 atom stereocenters. The molecule has 0 spiro atoms. The highest BCUT2D eigenvalue weighted by molar-refractivity contribution is 14.1. The van der Waals surface area contributed by atoms with Gasteiger partial charge >= 0.3 is 13.1 Å². The summed E-state index contributed by atoms with van der Waals surface area (Å²) in [7, 11) is 0.0995. The van der Waals surface area contributed by atoms with Crippen molar-refractivity contribution in [2.75, 3.05) is 20.2 Å². The Kier molecular flexibility index (Phi) is 16.8. The third-order valence-corrected chi connectivity index (χ3v) is 7.57. The molecular weight excluding hydrogens is 632 g/mol. The van der Waals surface area contributed by atoms with Crippen LogP contribution in [0.3, 0.4) is 0 Å². The molecular formula is C32H41BINO6. The number of benzene rings is 3. The first kappa shape index (κ1) is 34.3. The zero-order chi connectivity index (χ0) is 29.9. The molecule has 41 heavy (non-hydrogen) atoms. The van der Waals surface area contributed by atoms with Crippen LogP contribution >= 0.6 is 22.6 Å². The number of carboxylic acids is 1. The highest BCUT2D eigenvalue weighted by atomic mass is 127. The summed E-state index contributed by atoms with van der Waals surface area (Å²) in [6.45, 7) is 1.90. The number of carbonyl (C=O) groups is 2. The van der Waals surface area contributed by atoms with Crippen molar-refractivity contribution in [3.8, 4) is 5.75 Å². The Morgan fingerprint density at radius 2 is 1.27 bits per heavy atom. The first-order chi connectivity index (χ1) is 19.8. The summed E-state index contributed by atoms with van der Waals surface area (Å²) in [6, 6.07) is 24.2. The van der Waals surface area contributed by atoms with Gasteiger partial charge in [0, 0.05) is 16.7 Å². The number of likely N-dealkylation sites (tertiary alicyclic amines) is 1. The number of nitrogens with zero attached hydrogens (tertiary/aromatic N) is 1. The number of amides is 1. The van der Waals surface area contributed by atoms with Gasteiger partial charge in [0.25, 0.3) is 0 Å². The van der Waals surface area contributed by atoms with E-state index in [4.69, 9.17) is 19.9 Å². The van der Waals surface area contributed by atoms with Crippen LogP contribution in [0.2, 0.25) is 0 Å². The molecule has 1 amide bonds. The van der Waals surface area contributed by atoms with E-state index in [9.17, 15) is 9.59 Å². The predicted molar refractivity (Wildman–Crippen MR) is 172 cm³/mol. The third-order valence-electron chi connectivity index (χ3n) is 6.59. The number of ether oxygens (including phenoxy) is 1. The van der Waals surface area contributed by atoms with Crippen LogP contribution in [0.15, 0.2) is 78.9 Å². The van der Waals surface area contributed by atoms with Crippen molar-refractivity contribution < 1.29 is 29.5 Å². The topological polar surface area (TPSA) is 107 Å². The fraction of sp³-hybridized carbons (Fsp3) is 0.375. The average Bonchev–Trinajstić information content (AvgIpc) is 3.73. The third kappa shape index (κ3) is 14.5. The van der Waals surface area contributed by atoms with Gasteiger partial charge in [-0.3, -0.25) is 9.59 Å². The number of hydrogen-bond donors (Lipinski definition) is 3. The Balaban J connectivity index is 0.000000200. The van der Waals surface area contributed by atoms with E-state index in [1.807, 2.05) is 76.0 Å². The largest absolute Gasteiger partial charge is 0.497 e. The second-order valence-corrected chi connectivity index (χ2v) is 11.0. The highest BCUT2D eigenvalue weighted by Gasteiger charge is 2.17. The number of halogens is 1. The average molecular weight is 673 g/mol. The monoisotopic (exact) mass is 673 g/mol. The fourth-order valence-electron chi connectivity index (χ4n) is 4.35. The Hall–Kier alpha value is -2.89. The van der Waals surface area contributed by atoms with Crippen LogP contribution in [-0.2, 0) is 22.4 Å². The lowest BCUT2D eigenvalue weighted by Gasteiger charge is -2.14. The molecule has 1 aliphatic heterocycles. The molecule has 1 saturated carbocycles. The van der Waals surface area contributed by atoms with E-state index in [1.165, 1.54) is 52.1 Å². The summed E-state index contributed by atoms with van der Waals surface area (Å²) < 4.78 is 5.74. The van der Waals surface area contributed by atoms with Gasteiger partial charge in [0.15, 0.2) is 0 Å². The molecule has 1 aliphatic carbocycles. The second-order valence-electron chi connectivity index (χ2n) is 9.84. The predicted octanol–water partition coefficient (Wildman–Crippen LogP) is 5.10. The molecule has 5 rings (SSSR count). The molecule has 3 aromatic rings. The molecule has 9 heteroatoms. The van der Waals surface area contributed by atoms with Gasteiger partial charge in [-0.15, -0.1) is 0 Å². The lowest BCUT2D eigenvalue weighted by Crippen LogP contribution is -2.32. The fourth-order valence-corrected chi connectivity index (χ4v) is 4.96. The lowest BCUT2D eigenvalue weighted by molar-refractivity contribution is -0.136. The summed E-state index contributed by atoms with van der Waals surface area (Å²) in [5.74, 6) is 0.110. The first-order valence-electron chi connectivity index (χ1n) is 14.1. The van der Waals surface area contributed by atoms with E-state index in [0.717, 1.165) is 27.8 Å². The van der Waals surface area contributed by atoms with E-state index in [0.29, 0.717) is 17.6 Å². The van der Waals surface area contributed by atoms with Gasteiger partial charge in [0.05, 0.1) is 20.0 Å². The van der Waals surface area contributed by atoms with Crippen molar-refractivity contribution >= 4 is 47.0 Å². The Morgan fingerprint density at radius 1 is 0.780 bits per heavy atom. The van der Waals surface area contributed by atoms with Gasteiger partial charge in [-0.25, -0.2) is 0 Å². The molecule has 7 nitrogen and oxygen atoms in total. The standard InChI is InChI=1S/C12H15NO.C8H8O2.C7H8BIO3.C5H10/c14-12(13-8-4-5-9-13)10-11-6-2-1-3-7-11;9-8(10)6-7-4-2-1-3-5-7;1-12-5-2-3-7(9)6(4-5)8(10)11;1-2-4-5-3-1/h1-3,6-7H,4-5,8-10H2;1-5H,6H2,(H,9,10);2-4,10-11H,1H3;1-5H2. The number of carboxylic acid groups (broad SMARTS) is 1. The Bertz CT molecular complexity index is 1150. The van der Waals surface area contributed by atoms with E-state index in [1.54, 1.807) is 30.3 Å². The van der Waals surface area contributed by atoms with Gasteiger partial charge in [0.1, 0.15) is 5.75 Å². The second kappa shape index (κ2) is 20.1. The highest BCUT2D eigenvalue weighted by Crippen LogP contribution is 2.15. The van der Waals surface area contributed by atoms with Crippen molar-refractivity contribution in [1.82, 2.24) is 4.90 Å². The SMILES string of the molecule is C1CCCC1.COc1ccc(I)c(B(O)O)c1.O=C(Cc1ccccc1)N1CCCC1.O=C(O)Cc1ccccc1. The summed E-state index contributed by atoms with van der Waals surface area (Å²) in [4.78, 5) is 23.9. The molecule has 3 aromatic carbocycles. The molecule has 2 aliphatic rings. The molecule has 0 unspecified atom stereocenters. The van der Waals surface area contributed by atoms with Crippen molar-refractivity contribution in [1.29, 1.82) is 0 Å². The molecule has 220 valence electrons. The summed E-state index contributed by atoms with van der Waals surface area (Å²) >= 11 is 2.03. The van der Waals surface area contributed by atoms with Gasteiger partial charge in [-0.2, -0.15) is 0 Å². The van der Waals surface area contributed by atoms with E-state index >= 15 is 0 Å². The maximum atomic E-state index is 11.7. The molecule has 3 N–H and O–H groups in total. The zero-order valence-electron chi connectivity index (χ0n) is 23.8. The Morgan fingerprint density at radius 3 is 1.71 bits per heavy atom. The lowest BCUT2D eigenvalue weighted by atomic mass is 9.80. The smallest absolute Gasteiger partial charge is 0.489 e. The van der Waals surface area contributed by atoms with Crippen molar-refractivity contribution in [3.63, 3.8) is 0 Å². The van der Waals surface area contributed by atoms with Crippen LogP contribution in [0, 0.1) is 3.57 Å². The number of methoxy groups -OCH3 is 1. The number of carbonyl (C=O) groups excluding carboxylic acids is 1. The van der Waals surface area contributed by atoms with Crippen LogP contribution in [0.4, 0.5) is 0 Å². The maximum absolute atomic E-state index is 11.7. The van der Waals surface area contributed by atoms with Crippen molar-refractivity contribution in [2.24, 2.45) is 0 Å². The normalized spacial score (nSPS) is 13.4. The van der Waals surface area contributed by atoms with Gasteiger partial charge in [-0.1, -0.05) is 92.8 Å². The molecule has 2 fully saturated rings. The number of rotatable bonds is 6. The van der Waals surface area contributed by atoms with Gasteiger partial charge < -0.3 is 24.8 Å². The maximum Gasteiger partial charge on any atom is 0.489 e. The van der Waals surface area contributed by atoms with Crippen molar-refractivity contribution in [2.45, 2.75) is 57.8 Å². The minimum atomic E-state index is -1.44.